The summed E-state index contributed by atoms with van der Waals surface area (Å²) in [6.45, 7) is 3.17. The largest absolute Gasteiger partial charge is 0.396 e. The Kier molecular flexibility index (Phi) is 9.60. The molecule has 2 atom stereocenters. The van der Waals surface area contributed by atoms with Crippen LogP contribution in [0.15, 0.2) is 0 Å². The number of ether oxygens (including phenoxy) is 4. The molecule has 0 saturated carbocycles. The third kappa shape index (κ3) is 7.44. The lowest BCUT2D eigenvalue weighted by Crippen LogP contribution is -2.39. The van der Waals surface area contributed by atoms with Gasteiger partial charge in [0.15, 0.2) is 12.6 Å². The van der Waals surface area contributed by atoms with Gasteiger partial charge < -0.3 is 29.0 Å². The zero-order chi connectivity index (χ0) is 17.0. The summed E-state index contributed by atoms with van der Waals surface area (Å²) in [5.41, 5.74) is 0. The summed E-state index contributed by atoms with van der Waals surface area (Å²) in [7, 11) is 0. The van der Waals surface area contributed by atoms with E-state index in [0.29, 0.717) is 26.3 Å². The summed E-state index contributed by atoms with van der Waals surface area (Å²) in [6.07, 6.45) is 6.04. The van der Waals surface area contributed by atoms with Crippen LogP contribution in [0.3, 0.4) is 0 Å². The minimum Gasteiger partial charge on any atom is -0.396 e. The van der Waals surface area contributed by atoms with Gasteiger partial charge in [-0.05, 0) is 38.5 Å². The monoisotopic (exact) mass is 345 g/mol. The summed E-state index contributed by atoms with van der Waals surface area (Å²) in [6, 6.07) is 0. The lowest BCUT2D eigenvalue weighted by molar-refractivity contribution is -0.173. The Balaban J connectivity index is 1.66. The molecule has 0 aromatic heterocycles. The van der Waals surface area contributed by atoms with Crippen molar-refractivity contribution in [3.8, 4) is 0 Å². The van der Waals surface area contributed by atoms with Gasteiger partial charge in [-0.25, -0.2) is 0 Å². The van der Waals surface area contributed by atoms with Crippen LogP contribution in [0.1, 0.15) is 44.9 Å². The molecule has 2 saturated heterocycles. The molecule has 2 heterocycles. The average Bonchev–Trinajstić information content (AvgIpc) is 2.62. The van der Waals surface area contributed by atoms with E-state index in [9.17, 15) is 4.79 Å². The standard InChI is InChI=1S/C17H31NO6/c19-10-7-15(20)18(8-13-23-16-5-1-3-11-21-16)9-14-24-17-6-2-4-12-22-17/h16-17,19H,1-14H2. The molecule has 0 spiro atoms. The molecule has 2 fully saturated rings. The molecule has 0 aromatic carbocycles. The number of carbonyl (C=O) groups excluding carboxylic acids is 1. The smallest absolute Gasteiger partial charge is 0.225 e. The Morgan fingerprint density at radius 1 is 0.958 bits per heavy atom. The number of amides is 1. The molecule has 0 aliphatic carbocycles. The Morgan fingerprint density at radius 3 is 1.92 bits per heavy atom. The molecular weight excluding hydrogens is 314 g/mol. The first-order chi connectivity index (χ1) is 11.8. The van der Waals surface area contributed by atoms with E-state index in [-0.39, 0.29) is 31.5 Å². The van der Waals surface area contributed by atoms with Crippen molar-refractivity contribution in [3.05, 3.63) is 0 Å². The van der Waals surface area contributed by atoms with E-state index in [1.54, 1.807) is 4.90 Å². The second kappa shape index (κ2) is 11.8. The first-order valence-electron chi connectivity index (χ1n) is 9.14. The first kappa shape index (κ1) is 19.6. The number of aliphatic hydroxyl groups is 1. The lowest BCUT2D eigenvalue weighted by Gasteiger charge is -2.27. The van der Waals surface area contributed by atoms with Gasteiger partial charge in [-0.2, -0.15) is 0 Å². The van der Waals surface area contributed by atoms with E-state index >= 15 is 0 Å². The maximum Gasteiger partial charge on any atom is 0.225 e. The minimum atomic E-state index is -0.152. The van der Waals surface area contributed by atoms with Crippen LogP contribution in [-0.2, 0) is 23.7 Å². The van der Waals surface area contributed by atoms with Gasteiger partial charge in [0.05, 0.1) is 19.8 Å². The van der Waals surface area contributed by atoms with Crippen LogP contribution < -0.4 is 0 Å². The maximum atomic E-state index is 12.1. The predicted octanol–water partition coefficient (Wildman–Crippen LogP) is 1.28. The highest BCUT2D eigenvalue weighted by molar-refractivity contribution is 5.76. The van der Waals surface area contributed by atoms with Gasteiger partial charge in [0.25, 0.3) is 0 Å². The number of carbonyl (C=O) groups is 1. The van der Waals surface area contributed by atoms with E-state index in [2.05, 4.69) is 0 Å². The third-order valence-electron chi connectivity index (χ3n) is 4.28. The van der Waals surface area contributed by atoms with E-state index in [1.165, 1.54) is 0 Å². The van der Waals surface area contributed by atoms with Gasteiger partial charge >= 0.3 is 0 Å². The van der Waals surface area contributed by atoms with E-state index in [1.807, 2.05) is 0 Å². The molecule has 7 nitrogen and oxygen atoms in total. The van der Waals surface area contributed by atoms with E-state index < -0.39 is 0 Å². The van der Waals surface area contributed by atoms with Crippen molar-refractivity contribution in [3.63, 3.8) is 0 Å². The fourth-order valence-electron chi connectivity index (χ4n) is 2.89. The zero-order valence-electron chi connectivity index (χ0n) is 14.5. The van der Waals surface area contributed by atoms with Gasteiger partial charge in [0, 0.05) is 32.7 Å². The Hall–Kier alpha value is -0.730. The number of hydrogen-bond donors (Lipinski definition) is 1. The summed E-state index contributed by atoms with van der Waals surface area (Å²) in [5.74, 6) is -0.0844. The summed E-state index contributed by atoms with van der Waals surface area (Å²) >= 11 is 0. The molecule has 0 radical (unpaired) electrons. The Bertz CT molecular complexity index is 318. The minimum absolute atomic E-state index is 0.0844. The molecule has 0 bridgehead atoms. The van der Waals surface area contributed by atoms with Gasteiger partial charge in [0.1, 0.15) is 0 Å². The second-order valence-corrected chi connectivity index (χ2v) is 6.19. The van der Waals surface area contributed by atoms with Crippen molar-refractivity contribution >= 4 is 5.91 Å². The average molecular weight is 345 g/mol. The number of hydrogen-bond acceptors (Lipinski definition) is 6. The molecule has 0 aromatic rings. The van der Waals surface area contributed by atoms with Crippen molar-refractivity contribution in [1.29, 1.82) is 0 Å². The van der Waals surface area contributed by atoms with Crippen molar-refractivity contribution in [2.24, 2.45) is 0 Å². The molecule has 140 valence electrons. The van der Waals surface area contributed by atoms with Gasteiger partial charge in [-0.1, -0.05) is 0 Å². The highest BCUT2D eigenvalue weighted by Crippen LogP contribution is 2.14. The summed E-state index contributed by atoms with van der Waals surface area (Å²) < 4.78 is 22.4. The highest BCUT2D eigenvalue weighted by atomic mass is 16.7. The van der Waals surface area contributed by atoms with Crippen molar-refractivity contribution in [2.45, 2.75) is 57.5 Å². The van der Waals surface area contributed by atoms with Crippen LogP contribution in [0.5, 0.6) is 0 Å². The number of nitrogens with zero attached hydrogens (tertiary/aromatic N) is 1. The predicted molar refractivity (Wildman–Crippen MR) is 87.4 cm³/mol. The molecule has 2 rings (SSSR count). The fraction of sp³-hybridized carbons (Fsp3) is 0.941. The van der Waals surface area contributed by atoms with Crippen LogP contribution in [-0.4, -0.2) is 74.6 Å². The first-order valence-corrected chi connectivity index (χ1v) is 9.14. The third-order valence-corrected chi connectivity index (χ3v) is 4.28. The summed E-state index contributed by atoms with van der Waals surface area (Å²) in [5, 5.41) is 8.99. The van der Waals surface area contributed by atoms with Crippen LogP contribution in [0.4, 0.5) is 0 Å². The Labute approximate surface area is 144 Å². The van der Waals surface area contributed by atoms with Crippen LogP contribution >= 0.6 is 0 Å². The van der Waals surface area contributed by atoms with Crippen molar-refractivity contribution in [2.75, 3.05) is 46.1 Å². The zero-order valence-corrected chi connectivity index (χ0v) is 14.5. The number of aliphatic hydroxyl groups excluding tert-OH is 1. The molecule has 24 heavy (non-hydrogen) atoms. The van der Waals surface area contributed by atoms with Crippen molar-refractivity contribution < 1.29 is 28.8 Å². The highest BCUT2D eigenvalue weighted by Gasteiger charge is 2.18. The fourth-order valence-corrected chi connectivity index (χ4v) is 2.89. The van der Waals surface area contributed by atoms with E-state index in [0.717, 1.165) is 51.7 Å². The van der Waals surface area contributed by atoms with Crippen LogP contribution in [0.25, 0.3) is 0 Å². The van der Waals surface area contributed by atoms with Crippen LogP contribution in [0, 0.1) is 0 Å². The molecule has 2 aliphatic rings. The quantitative estimate of drug-likeness (QED) is 0.643. The van der Waals surface area contributed by atoms with Gasteiger partial charge in [-0.3, -0.25) is 4.79 Å². The second-order valence-electron chi connectivity index (χ2n) is 6.19. The van der Waals surface area contributed by atoms with Gasteiger partial charge in [0.2, 0.25) is 5.91 Å². The molecule has 1 amide bonds. The molecule has 2 aliphatic heterocycles. The topological polar surface area (TPSA) is 77.5 Å². The summed E-state index contributed by atoms with van der Waals surface area (Å²) in [4.78, 5) is 13.8. The normalized spacial score (nSPS) is 24.7. The van der Waals surface area contributed by atoms with E-state index in [4.69, 9.17) is 24.1 Å². The molecule has 7 heteroatoms. The molecular formula is C17H31NO6. The Morgan fingerprint density at radius 2 is 1.50 bits per heavy atom. The SMILES string of the molecule is O=C(CCO)N(CCOC1CCCCO1)CCOC1CCCCO1. The van der Waals surface area contributed by atoms with Crippen LogP contribution in [0.2, 0.25) is 0 Å². The molecule has 1 N–H and O–H groups in total. The van der Waals surface area contributed by atoms with Gasteiger partial charge in [-0.15, -0.1) is 0 Å². The maximum absolute atomic E-state index is 12.1. The molecule has 2 unspecified atom stereocenters. The van der Waals surface area contributed by atoms with Crippen molar-refractivity contribution in [1.82, 2.24) is 4.90 Å². The lowest BCUT2D eigenvalue weighted by atomic mass is 10.2. The number of rotatable bonds is 10.